The van der Waals surface area contributed by atoms with E-state index in [2.05, 4.69) is 5.32 Å². The van der Waals surface area contributed by atoms with E-state index in [1.807, 2.05) is 0 Å². The number of carbonyl (C=O) groups excluding carboxylic acids is 3. The highest BCUT2D eigenvalue weighted by Crippen LogP contribution is 2.30. The van der Waals surface area contributed by atoms with Gasteiger partial charge in [0.25, 0.3) is 5.91 Å². The van der Waals surface area contributed by atoms with Gasteiger partial charge in [-0.1, -0.05) is 0 Å². The first-order valence-electron chi connectivity index (χ1n) is 11.3. The van der Waals surface area contributed by atoms with E-state index in [0.717, 1.165) is 36.4 Å². The Labute approximate surface area is 204 Å². The second kappa shape index (κ2) is 10.5. The molecule has 2 aliphatic rings. The number of alkyl halides is 3. The first kappa shape index (κ1) is 25.4. The summed E-state index contributed by atoms with van der Waals surface area (Å²) < 4.78 is 57.0. The number of ether oxygens (including phenoxy) is 1. The average molecular weight is 508 g/mol. The number of nitrogens with zero attached hydrogens (tertiary/aromatic N) is 3. The number of amides is 4. The zero-order valence-corrected chi connectivity index (χ0v) is 19.1. The molecule has 0 saturated carbocycles. The number of nitrogens with one attached hydrogen (secondary N) is 1. The molecule has 36 heavy (non-hydrogen) atoms. The number of morpholine rings is 1. The number of hydrogen-bond acceptors (Lipinski definition) is 4. The third-order valence-corrected chi connectivity index (χ3v) is 6.09. The molecule has 2 heterocycles. The number of piperazine rings is 1. The minimum absolute atomic E-state index is 0.0391. The van der Waals surface area contributed by atoms with E-state index in [-0.39, 0.29) is 36.8 Å². The van der Waals surface area contributed by atoms with Crippen LogP contribution in [0.4, 0.5) is 28.0 Å². The van der Waals surface area contributed by atoms with Crippen molar-refractivity contribution in [2.75, 3.05) is 51.3 Å². The van der Waals surface area contributed by atoms with E-state index in [4.69, 9.17) is 4.74 Å². The van der Waals surface area contributed by atoms with E-state index in [1.165, 1.54) is 21.9 Å². The van der Waals surface area contributed by atoms with Crippen LogP contribution in [0, 0.1) is 5.82 Å². The van der Waals surface area contributed by atoms with Gasteiger partial charge < -0.3 is 24.8 Å². The van der Waals surface area contributed by atoms with Gasteiger partial charge in [-0.2, -0.15) is 13.2 Å². The normalized spacial score (nSPS) is 18.7. The van der Waals surface area contributed by atoms with Gasteiger partial charge in [0, 0.05) is 37.4 Å². The summed E-state index contributed by atoms with van der Waals surface area (Å²) >= 11 is 0. The van der Waals surface area contributed by atoms with E-state index in [0.29, 0.717) is 26.3 Å². The Balaban J connectivity index is 1.50. The van der Waals surface area contributed by atoms with E-state index >= 15 is 0 Å². The van der Waals surface area contributed by atoms with Crippen LogP contribution in [-0.4, -0.2) is 84.5 Å². The molecule has 0 bridgehead atoms. The highest BCUT2D eigenvalue weighted by Gasteiger charge is 2.39. The average Bonchev–Trinajstić information content (AvgIpc) is 2.88. The summed E-state index contributed by atoms with van der Waals surface area (Å²) in [6.07, 6.45) is -4.50. The van der Waals surface area contributed by atoms with E-state index in [9.17, 15) is 31.9 Å². The highest BCUT2D eigenvalue weighted by molar-refractivity contribution is 5.98. The number of carbonyl (C=O) groups is 3. The molecule has 2 saturated heterocycles. The molecule has 0 aliphatic carbocycles. The maximum absolute atomic E-state index is 13.4. The predicted octanol–water partition coefficient (Wildman–Crippen LogP) is 3.06. The molecule has 2 aliphatic heterocycles. The molecular formula is C24H24F4N4O4. The first-order chi connectivity index (χ1) is 17.1. The monoisotopic (exact) mass is 508 g/mol. The number of halogens is 4. The second-order valence-electron chi connectivity index (χ2n) is 8.41. The van der Waals surface area contributed by atoms with Crippen molar-refractivity contribution in [3.63, 3.8) is 0 Å². The van der Waals surface area contributed by atoms with Crippen molar-refractivity contribution in [3.8, 4) is 0 Å². The quantitative estimate of drug-likeness (QED) is 0.647. The van der Waals surface area contributed by atoms with Crippen molar-refractivity contribution in [1.82, 2.24) is 14.7 Å². The minimum Gasteiger partial charge on any atom is -0.378 e. The SMILES string of the molecule is O=C(Nc1ccc(C(F)(F)F)cc1)N1CCN(C(=O)c2ccc(F)cc2)C(C(=O)N2CCOCC2)C1. The third-order valence-electron chi connectivity index (χ3n) is 6.09. The Kier molecular flexibility index (Phi) is 7.43. The smallest absolute Gasteiger partial charge is 0.378 e. The Morgan fingerprint density at radius 3 is 2.11 bits per heavy atom. The molecule has 4 amide bonds. The molecule has 1 N–H and O–H groups in total. The summed E-state index contributed by atoms with van der Waals surface area (Å²) in [6, 6.07) is 7.38. The first-order valence-corrected chi connectivity index (χ1v) is 11.3. The largest absolute Gasteiger partial charge is 0.416 e. The fraction of sp³-hybridized carbons (Fsp3) is 0.375. The number of hydrogen-bond donors (Lipinski definition) is 1. The van der Waals surface area contributed by atoms with Crippen LogP contribution in [0.1, 0.15) is 15.9 Å². The summed E-state index contributed by atoms with van der Waals surface area (Å²) in [5.74, 6) is -1.32. The fourth-order valence-corrected chi connectivity index (χ4v) is 4.12. The number of anilines is 1. The number of urea groups is 1. The fourth-order valence-electron chi connectivity index (χ4n) is 4.12. The molecule has 8 nitrogen and oxygen atoms in total. The number of benzene rings is 2. The van der Waals surface area contributed by atoms with Crippen molar-refractivity contribution in [1.29, 1.82) is 0 Å². The van der Waals surface area contributed by atoms with Gasteiger partial charge in [-0.3, -0.25) is 9.59 Å². The van der Waals surface area contributed by atoms with Crippen LogP contribution >= 0.6 is 0 Å². The molecule has 12 heteroatoms. The Hall–Kier alpha value is -3.67. The lowest BCUT2D eigenvalue weighted by atomic mass is 10.1. The molecule has 2 fully saturated rings. The van der Waals surface area contributed by atoms with Gasteiger partial charge in [0.1, 0.15) is 11.9 Å². The number of rotatable bonds is 3. The van der Waals surface area contributed by atoms with E-state index < -0.39 is 35.5 Å². The maximum atomic E-state index is 13.4. The minimum atomic E-state index is -4.50. The summed E-state index contributed by atoms with van der Waals surface area (Å²) in [5, 5.41) is 2.54. The van der Waals surface area contributed by atoms with Crippen LogP contribution < -0.4 is 5.32 Å². The lowest BCUT2D eigenvalue weighted by molar-refractivity contribution is -0.141. The summed E-state index contributed by atoms with van der Waals surface area (Å²) in [5.41, 5.74) is -0.475. The molecular weight excluding hydrogens is 484 g/mol. The molecule has 2 aromatic rings. The molecule has 192 valence electrons. The molecule has 4 rings (SSSR count). The van der Waals surface area contributed by atoms with Crippen LogP contribution in [0.2, 0.25) is 0 Å². The van der Waals surface area contributed by atoms with E-state index in [1.54, 1.807) is 4.90 Å². The zero-order valence-electron chi connectivity index (χ0n) is 19.1. The van der Waals surface area contributed by atoms with Gasteiger partial charge in [0.2, 0.25) is 5.91 Å². The Bertz CT molecular complexity index is 1100. The van der Waals surface area contributed by atoms with Crippen molar-refractivity contribution < 1.29 is 36.7 Å². The van der Waals surface area contributed by atoms with Crippen LogP contribution in [0.5, 0.6) is 0 Å². The van der Waals surface area contributed by atoms with Gasteiger partial charge in [0.15, 0.2) is 0 Å². The summed E-state index contributed by atoms with van der Waals surface area (Å²) in [4.78, 5) is 43.7. The predicted molar refractivity (Wildman–Crippen MR) is 121 cm³/mol. The van der Waals surface area contributed by atoms with Crippen LogP contribution in [0.15, 0.2) is 48.5 Å². The third kappa shape index (κ3) is 5.76. The summed E-state index contributed by atoms with van der Waals surface area (Å²) in [7, 11) is 0. The van der Waals surface area contributed by atoms with Crippen LogP contribution in [-0.2, 0) is 15.7 Å². The van der Waals surface area contributed by atoms with Gasteiger partial charge in [-0.05, 0) is 48.5 Å². The van der Waals surface area contributed by atoms with Gasteiger partial charge >= 0.3 is 12.2 Å². The van der Waals surface area contributed by atoms with Crippen LogP contribution in [0.3, 0.4) is 0 Å². The zero-order chi connectivity index (χ0) is 25.9. The second-order valence-corrected chi connectivity index (χ2v) is 8.41. The molecule has 0 radical (unpaired) electrons. The highest BCUT2D eigenvalue weighted by atomic mass is 19.4. The lowest BCUT2D eigenvalue weighted by Gasteiger charge is -2.42. The molecule has 0 spiro atoms. The van der Waals surface area contributed by atoms with Gasteiger partial charge in [-0.25, -0.2) is 9.18 Å². The molecule has 2 aromatic carbocycles. The van der Waals surface area contributed by atoms with Crippen LogP contribution in [0.25, 0.3) is 0 Å². The Morgan fingerprint density at radius 1 is 0.861 bits per heavy atom. The van der Waals surface area contributed by atoms with Crippen molar-refractivity contribution >= 4 is 23.5 Å². The molecule has 1 unspecified atom stereocenters. The van der Waals surface area contributed by atoms with Gasteiger partial charge in [-0.15, -0.1) is 0 Å². The standard InChI is InChI=1S/C24H24F4N4O4/c25-18-5-1-16(2-6-18)21(33)32-10-9-31(15-20(32)22(34)30-11-13-36-14-12-30)23(35)29-19-7-3-17(4-8-19)24(26,27)28/h1-8,20H,9-15H2,(H,29,35). The topological polar surface area (TPSA) is 82.2 Å². The van der Waals surface area contributed by atoms with Crippen molar-refractivity contribution in [3.05, 3.63) is 65.5 Å². The maximum Gasteiger partial charge on any atom is 0.416 e. The summed E-state index contributed by atoms with van der Waals surface area (Å²) in [6.45, 7) is 1.39. The van der Waals surface area contributed by atoms with Gasteiger partial charge in [0.05, 0.1) is 25.3 Å². The lowest BCUT2D eigenvalue weighted by Crippen LogP contribution is -2.63. The Morgan fingerprint density at radius 2 is 1.50 bits per heavy atom. The molecule has 1 atom stereocenters. The van der Waals surface area contributed by atoms with Crippen molar-refractivity contribution in [2.24, 2.45) is 0 Å². The van der Waals surface area contributed by atoms with Crippen molar-refractivity contribution in [2.45, 2.75) is 12.2 Å². The molecule has 0 aromatic heterocycles.